The van der Waals surface area contributed by atoms with Crippen molar-refractivity contribution in [3.05, 3.63) is 29.8 Å². The number of methoxy groups -OCH3 is 1. The molecule has 5 heteroatoms. The van der Waals surface area contributed by atoms with E-state index in [9.17, 15) is 8.42 Å². The Morgan fingerprint density at radius 2 is 2.15 bits per heavy atom. The molecule has 0 spiro atoms. The van der Waals surface area contributed by atoms with Crippen molar-refractivity contribution in [2.24, 2.45) is 0 Å². The standard InChI is InChI=1S/C15H22O4S/c1-12(14-7-3-4-8-15(14)18-2)20(16,17)11-9-13-6-5-10-19-13/h3-4,7-8,12-13H,5-6,9-11H2,1-2H3. The van der Waals surface area contributed by atoms with Crippen LogP contribution in [0.3, 0.4) is 0 Å². The minimum absolute atomic E-state index is 0.106. The fourth-order valence-corrected chi connectivity index (χ4v) is 4.07. The molecule has 20 heavy (non-hydrogen) atoms. The molecule has 0 aromatic heterocycles. The molecule has 2 rings (SSSR count). The Labute approximate surface area is 121 Å². The molecular formula is C15H22O4S. The number of hydrogen-bond acceptors (Lipinski definition) is 4. The van der Waals surface area contributed by atoms with Gasteiger partial charge in [0.1, 0.15) is 5.75 Å². The lowest BCUT2D eigenvalue weighted by atomic mass is 10.1. The number of para-hydroxylation sites is 1. The summed E-state index contributed by atoms with van der Waals surface area (Å²) in [5.41, 5.74) is 0.724. The van der Waals surface area contributed by atoms with Gasteiger partial charge in [-0.05, 0) is 32.3 Å². The first-order chi connectivity index (χ1) is 9.54. The summed E-state index contributed by atoms with van der Waals surface area (Å²) in [6, 6.07) is 7.28. The Bertz CT molecular complexity index is 533. The van der Waals surface area contributed by atoms with Crippen LogP contribution in [0.15, 0.2) is 24.3 Å². The van der Waals surface area contributed by atoms with E-state index in [0.29, 0.717) is 12.2 Å². The summed E-state index contributed by atoms with van der Waals surface area (Å²) < 4.78 is 35.6. The highest BCUT2D eigenvalue weighted by Gasteiger charge is 2.27. The van der Waals surface area contributed by atoms with Gasteiger partial charge in [-0.1, -0.05) is 18.2 Å². The highest BCUT2D eigenvalue weighted by Crippen LogP contribution is 2.31. The minimum Gasteiger partial charge on any atom is -0.496 e. The quantitative estimate of drug-likeness (QED) is 0.810. The molecule has 1 heterocycles. The molecule has 1 aromatic rings. The fourth-order valence-electron chi connectivity index (χ4n) is 2.54. The Morgan fingerprint density at radius 3 is 2.80 bits per heavy atom. The summed E-state index contributed by atoms with van der Waals surface area (Å²) in [4.78, 5) is 0. The number of sulfone groups is 1. The maximum absolute atomic E-state index is 12.4. The molecule has 1 saturated heterocycles. The van der Waals surface area contributed by atoms with Crippen LogP contribution in [0.25, 0.3) is 0 Å². The lowest BCUT2D eigenvalue weighted by Crippen LogP contribution is -2.19. The average molecular weight is 298 g/mol. The van der Waals surface area contributed by atoms with E-state index in [1.165, 1.54) is 0 Å². The lowest BCUT2D eigenvalue weighted by Gasteiger charge is -2.17. The van der Waals surface area contributed by atoms with Crippen LogP contribution in [0, 0.1) is 0 Å². The number of benzene rings is 1. The lowest BCUT2D eigenvalue weighted by molar-refractivity contribution is 0.109. The van der Waals surface area contributed by atoms with Crippen LogP contribution < -0.4 is 4.74 Å². The number of hydrogen-bond donors (Lipinski definition) is 0. The van der Waals surface area contributed by atoms with E-state index in [0.717, 1.165) is 25.0 Å². The largest absolute Gasteiger partial charge is 0.496 e. The molecule has 0 N–H and O–H groups in total. The molecule has 2 atom stereocenters. The van der Waals surface area contributed by atoms with Gasteiger partial charge in [0.05, 0.1) is 24.2 Å². The highest BCUT2D eigenvalue weighted by atomic mass is 32.2. The molecule has 0 saturated carbocycles. The Hall–Kier alpha value is -1.07. The third-order valence-corrected chi connectivity index (χ3v) is 6.00. The van der Waals surface area contributed by atoms with Gasteiger partial charge in [0.2, 0.25) is 0 Å². The molecule has 0 amide bonds. The van der Waals surface area contributed by atoms with Gasteiger partial charge in [-0.3, -0.25) is 0 Å². The van der Waals surface area contributed by atoms with Crippen molar-refractivity contribution in [3.63, 3.8) is 0 Å². The van der Waals surface area contributed by atoms with E-state index < -0.39 is 15.1 Å². The van der Waals surface area contributed by atoms with Crippen LogP contribution in [-0.2, 0) is 14.6 Å². The van der Waals surface area contributed by atoms with Gasteiger partial charge < -0.3 is 9.47 Å². The summed E-state index contributed by atoms with van der Waals surface area (Å²) in [6.45, 7) is 2.48. The first kappa shape index (κ1) is 15.3. The normalized spacial score (nSPS) is 20.8. The maximum Gasteiger partial charge on any atom is 0.157 e. The van der Waals surface area contributed by atoms with Gasteiger partial charge in [0.25, 0.3) is 0 Å². The van der Waals surface area contributed by atoms with Crippen LogP contribution in [0.5, 0.6) is 5.75 Å². The van der Waals surface area contributed by atoms with E-state index in [2.05, 4.69) is 0 Å². The van der Waals surface area contributed by atoms with Crippen LogP contribution in [0.4, 0.5) is 0 Å². The zero-order chi connectivity index (χ0) is 14.6. The predicted molar refractivity (Wildman–Crippen MR) is 78.8 cm³/mol. The van der Waals surface area contributed by atoms with Gasteiger partial charge in [-0.25, -0.2) is 8.42 Å². The number of rotatable bonds is 6. The molecule has 0 radical (unpaired) electrons. The third kappa shape index (κ3) is 3.52. The van der Waals surface area contributed by atoms with Gasteiger partial charge >= 0.3 is 0 Å². The first-order valence-electron chi connectivity index (χ1n) is 7.00. The van der Waals surface area contributed by atoms with Gasteiger partial charge in [0.15, 0.2) is 9.84 Å². The molecule has 4 nitrogen and oxygen atoms in total. The molecule has 0 bridgehead atoms. The summed E-state index contributed by atoms with van der Waals surface area (Å²) >= 11 is 0. The van der Waals surface area contributed by atoms with Crippen molar-refractivity contribution < 1.29 is 17.9 Å². The SMILES string of the molecule is COc1ccccc1C(C)S(=O)(=O)CCC1CCCO1. The summed E-state index contributed by atoms with van der Waals surface area (Å²) in [5.74, 6) is 0.789. The van der Waals surface area contributed by atoms with Crippen molar-refractivity contribution in [2.75, 3.05) is 19.5 Å². The van der Waals surface area contributed by atoms with Crippen molar-refractivity contribution >= 4 is 9.84 Å². The molecule has 2 unspecified atom stereocenters. The van der Waals surface area contributed by atoms with E-state index in [4.69, 9.17) is 9.47 Å². The van der Waals surface area contributed by atoms with Gasteiger partial charge in [-0.15, -0.1) is 0 Å². The second-order valence-corrected chi connectivity index (χ2v) is 7.62. The van der Waals surface area contributed by atoms with Crippen molar-refractivity contribution in [1.29, 1.82) is 0 Å². The topological polar surface area (TPSA) is 52.6 Å². The molecule has 112 valence electrons. The van der Waals surface area contributed by atoms with Crippen molar-refractivity contribution in [3.8, 4) is 5.75 Å². The van der Waals surface area contributed by atoms with Crippen molar-refractivity contribution in [1.82, 2.24) is 0 Å². The Kier molecular flexibility index (Phi) is 5.05. The van der Waals surface area contributed by atoms with Crippen LogP contribution in [0.2, 0.25) is 0 Å². The third-order valence-electron chi connectivity index (χ3n) is 3.86. The number of ether oxygens (including phenoxy) is 2. The first-order valence-corrected chi connectivity index (χ1v) is 8.72. The van der Waals surface area contributed by atoms with E-state index >= 15 is 0 Å². The van der Waals surface area contributed by atoms with Crippen LogP contribution >= 0.6 is 0 Å². The second-order valence-electron chi connectivity index (χ2n) is 5.17. The molecule has 1 aliphatic rings. The molecule has 1 aliphatic heterocycles. The van der Waals surface area contributed by atoms with Gasteiger partial charge in [-0.2, -0.15) is 0 Å². The molecule has 0 aliphatic carbocycles. The fraction of sp³-hybridized carbons (Fsp3) is 0.600. The molecule has 1 aromatic carbocycles. The van der Waals surface area contributed by atoms with Crippen LogP contribution in [0.1, 0.15) is 37.0 Å². The van der Waals surface area contributed by atoms with Crippen LogP contribution in [-0.4, -0.2) is 34.0 Å². The predicted octanol–water partition coefficient (Wildman–Crippen LogP) is 2.74. The zero-order valence-electron chi connectivity index (χ0n) is 12.0. The zero-order valence-corrected chi connectivity index (χ0v) is 12.9. The van der Waals surface area contributed by atoms with E-state index in [1.807, 2.05) is 18.2 Å². The highest BCUT2D eigenvalue weighted by molar-refractivity contribution is 7.91. The average Bonchev–Trinajstić information content (AvgIpc) is 2.97. The monoisotopic (exact) mass is 298 g/mol. The molecule has 1 fully saturated rings. The Morgan fingerprint density at radius 1 is 1.40 bits per heavy atom. The summed E-state index contributed by atoms with van der Waals surface area (Å²) in [6.07, 6.45) is 2.70. The second kappa shape index (κ2) is 6.59. The summed E-state index contributed by atoms with van der Waals surface area (Å²) in [7, 11) is -1.63. The Balaban J connectivity index is 2.07. The molecular weight excluding hydrogens is 276 g/mol. The van der Waals surface area contributed by atoms with E-state index in [-0.39, 0.29) is 11.9 Å². The maximum atomic E-state index is 12.4. The van der Waals surface area contributed by atoms with E-state index in [1.54, 1.807) is 20.1 Å². The van der Waals surface area contributed by atoms with Gasteiger partial charge in [0, 0.05) is 12.2 Å². The summed E-state index contributed by atoms with van der Waals surface area (Å²) in [5, 5.41) is -0.556. The van der Waals surface area contributed by atoms with Crippen molar-refractivity contribution in [2.45, 2.75) is 37.5 Å². The minimum atomic E-state index is -3.19. The smallest absolute Gasteiger partial charge is 0.157 e.